The molecule has 1 aromatic rings. The van der Waals surface area contributed by atoms with Gasteiger partial charge in [0.25, 0.3) is 5.91 Å². The molecule has 1 unspecified atom stereocenters. The largest absolute Gasteiger partial charge is 0.352 e. The van der Waals surface area contributed by atoms with Crippen molar-refractivity contribution in [3.05, 3.63) is 23.8 Å². The summed E-state index contributed by atoms with van der Waals surface area (Å²) < 4.78 is 0. The van der Waals surface area contributed by atoms with Gasteiger partial charge in [0.15, 0.2) is 0 Å². The van der Waals surface area contributed by atoms with E-state index in [-0.39, 0.29) is 24.2 Å². The molecule has 2 heterocycles. The number of nitrogens with one attached hydrogen (secondary N) is 2. The molecule has 1 aromatic heterocycles. The monoisotopic (exact) mass is 298 g/mol. The number of amides is 1. The van der Waals surface area contributed by atoms with Crippen LogP contribution in [0.5, 0.6) is 0 Å². The van der Waals surface area contributed by atoms with E-state index in [1.54, 1.807) is 6.20 Å². The number of aromatic nitrogens is 2. The van der Waals surface area contributed by atoms with Gasteiger partial charge in [-0.15, -0.1) is 12.4 Å². The maximum absolute atomic E-state index is 12.1. The second-order valence-electron chi connectivity index (χ2n) is 5.38. The fraction of sp³-hybridized carbons (Fsp3) is 0.643. The van der Waals surface area contributed by atoms with Crippen LogP contribution in [0.15, 0.2) is 12.5 Å². The molecule has 5 nitrogen and oxygen atoms in total. The number of carbonyl (C=O) groups is 1. The van der Waals surface area contributed by atoms with Crippen molar-refractivity contribution < 1.29 is 4.79 Å². The summed E-state index contributed by atoms with van der Waals surface area (Å²) in [5, 5.41) is 6.31. The van der Waals surface area contributed by atoms with Crippen molar-refractivity contribution in [2.45, 2.75) is 32.6 Å². The number of rotatable bonds is 5. The molecule has 20 heavy (non-hydrogen) atoms. The quantitative estimate of drug-likeness (QED) is 0.869. The predicted molar refractivity (Wildman–Crippen MR) is 81.3 cm³/mol. The van der Waals surface area contributed by atoms with Crippen LogP contribution < -0.4 is 10.6 Å². The van der Waals surface area contributed by atoms with Crippen molar-refractivity contribution in [3.8, 4) is 0 Å². The second kappa shape index (κ2) is 8.17. The molecule has 1 saturated heterocycles. The summed E-state index contributed by atoms with van der Waals surface area (Å²) in [4.78, 5) is 20.3. The van der Waals surface area contributed by atoms with Gasteiger partial charge in [-0.3, -0.25) is 4.79 Å². The molecule has 1 fully saturated rings. The number of hydrogen-bond donors (Lipinski definition) is 2. The molecule has 1 amide bonds. The summed E-state index contributed by atoms with van der Waals surface area (Å²) in [6.45, 7) is 6.95. The van der Waals surface area contributed by atoms with Gasteiger partial charge in [0.05, 0.1) is 11.3 Å². The van der Waals surface area contributed by atoms with Gasteiger partial charge in [0.1, 0.15) is 6.33 Å². The summed E-state index contributed by atoms with van der Waals surface area (Å²) >= 11 is 0. The predicted octanol–water partition coefficient (Wildman–Crippen LogP) is 1.75. The minimum Gasteiger partial charge on any atom is -0.352 e. The Balaban J connectivity index is 0.00000200. The van der Waals surface area contributed by atoms with Gasteiger partial charge < -0.3 is 10.6 Å². The zero-order valence-electron chi connectivity index (χ0n) is 12.1. The lowest BCUT2D eigenvalue weighted by molar-refractivity contribution is 0.0949. The van der Waals surface area contributed by atoms with Crippen molar-refractivity contribution in [1.29, 1.82) is 0 Å². The van der Waals surface area contributed by atoms with E-state index in [4.69, 9.17) is 0 Å². The first-order valence-electron chi connectivity index (χ1n) is 6.97. The van der Waals surface area contributed by atoms with Crippen LogP contribution in [0.4, 0.5) is 0 Å². The Morgan fingerprint density at radius 2 is 2.35 bits per heavy atom. The van der Waals surface area contributed by atoms with Crippen molar-refractivity contribution in [2.24, 2.45) is 5.92 Å². The van der Waals surface area contributed by atoms with Gasteiger partial charge in [-0.2, -0.15) is 0 Å². The first-order valence-corrected chi connectivity index (χ1v) is 6.97. The summed E-state index contributed by atoms with van der Waals surface area (Å²) in [6, 6.07) is 0. The third kappa shape index (κ3) is 4.42. The molecule has 6 heteroatoms. The van der Waals surface area contributed by atoms with Crippen LogP contribution in [-0.4, -0.2) is 35.5 Å². The molecule has 0 saturated carbocycles. The number of halogens is 1. The van der Waals surface area contributed by atoms with E-state index >= 15 is 0 Å². The topological polar surface area (TPSA) is 66.9 Å². The lowest BCUT2D eigenvalue weighted by atomic mass is 10.0. The number of nitrogens with zero attached hydrogens (tertiary/aromatic N) is 2. The second-order valence-corrected chi connectivity index (χ2v) is 5.38. The van der Waals surface area contributed by atoms with E-state index in [0.29, 0.717) is 11.5 Å². The summed E-state index contributed by atoms with van der Waals surface area (Å²) in [6.07, 6.45) is 5.34. The van der Waals surface area contributed by atoms with Gasteiger partial charge in [-0.1, -0.05) is 13.8 Å². The van der Waals surface area contributed by atoms with E-state index < -0.39 is 0 Å². The lowest BCUT2D eigenvalue weighted by Crippen LogP contribution is -2.28. The molecule has 1 aliphatic heterocycles. The number of hydrogen-bond acceptors (Lipinski definition) is 4. The summed E-state index contributed by atoms with van der Waals surface area (Å²) in [5.74, 6) is 0.856. The Morgan fingerprint density at radius 1 is 1.55 bits per heavy atom. The van der Waals surface area contributed by atoms with Gasteiger partial charge in [0.2, 0.25) is 0 Å². The standard InChI is InChI=1S/C14H22N4O.ClH/c1-10(2)13-12(8-16-9-18-13)14(19)17-6-4-11-3-5-15-7-11;/h8-11,15H,3-7H2,1-2H3,(H,17,19);1H. The molecule has 1 atom stereocenters. The Kier molecular flexibility index (Phi) is 6.88. The third-order valence-electron chi connectivity index (χ3n) is 3.54. The first kappa shape index (κ1) is 16.9. The molecular formula is C14H23ClN4O. The van der Waals surface area contributed by atoms with Gasteiger partial charge in [-0.25, -0.2) is 9.97 Å². The maximum atomic E-state index is 12.1. The summed E-state index contributed by atoms with van der Waals surface area (Å²) in [7, 11) is 0. The molecule has 0 spiro atoms. The smallest absolute Gasteiger partial charge is 0.254 e. The van der Waals surface area contributed by atoms with E-state index in [1.807, 2.05) is 13.8 Å². The minimum atomic E-state index is -0.0599. The van der Waals surface area contributed by atoms with Gasteiger partial charge >= 0.3 is 0 Å². The van der Waals surface area contributed by atoms with Crippen molar-refractivity contribution in [1.82, 2.24) is 20.6 Å². The van der Waals surface area contributed by atoms with E-state index in [2.05, 4.69) is 20.6 Å². The van der Waals surface area contributed by atoms with Crippen molar-refractivity contribution in [3.63, 3.8) is 0 Å². The normalized spacial score (nSPS) is 17.9. The maximum Gasteiger partial charge on any atom is 0.254 e. The molecule has 2 rings (SSSR count). The van der Waals surface area contributed by atoms with E-state index in [1.165, 1.54) is 12.7 Å². The van der Waals surface area contributed by atoms with Crippen molar-refractivity contribution >= 4 is 18.3 Å². The molecule has 0 aliphatic carbocycles. The fourth-order valence-electron chi connectivity index (χ4n) is 2.42. The molecule has 0 radical (unpaired) electrons. The minimum absolute atomic E-state index is 0. The average molecular weight is 299 g/mol. The first-order chi connectivity index (χ1) is 9.18. The van der Waals surface area contributed by atoms with Crippen LogP contribution in [0, 0.1) is 5.92 Å². The molecule has 0 aromatic carbocycles. The molecular weight excluding hydrogens is 276 g/mol. The average Bonchev–Trinajstić information content (AvgIpc) is 2.91. The number of carbonyl (C=O) groups excluding carboxylic acids is 1. The zero-order chi connectivity index (χ0) is 13.7. The molecule has 112 valence electrons. The van der Waals surface area contributed by atoms with Crippen LogP contribution in [0.1, 0.15) is 48.7 Å². The Bertz CT molecular complexity index is 433. The van der Waals surface area contributed by atoms with Crippen LogP contribution in [0.3, 0.4) is 0 Å². The van der Waals surface area contributed by atoms with E-state index in [0.717, 1.165) is 31.7 Å². The van der Waals surface area contributed by atoms with Crippen molar-refractivity contribution in [2.75, 3.05) is 19.6 Å². The van der Waals surface area contributed by atoms with E-state index in [9.17, 15) is 4.79 Å². The highest BCUT2D eigenvalue weighted by molar-refractivity contribution is 5.95. The molecule has 0 bridgehead atoms. The Hall–Kier alpha value is -1.20. The Morgan fingerprint density at radius 3 is 3.00 bits per heavy atom. The van der Waals surface area contributed by atoms with Gasteiger partial charge in [0, 0.05) is 12.7 Å². The highest BCUT2D eigenvalue weighted by Crippen LogP contribution is 2.15. The van der Waals surface area contributed by atoms with Crippen LogP contribution in [0.25, 0.3) is 0 Å². The molecule has 1 aliphatic rings. The van der Waals surface area contributed by atoms with Crippen LogP contribution in [-0.2, 0) is 0 Å². The lowest BCUT2D eigenvalue weighted by Gasteiger charge is -2.12. The summed E-state index contributed by atoms with van der Waals surface area (Å²) in [5.41, 5.74) is 1.41. The van der Waals surface area contributed by atoms with Gasteiger partial charge in [-0.05, 0) is 37.8 Å². The molecule has 2 N–H and O–H groups in total. The fourth-order valence-corrected chi connectivity index (χ4v) is 2.42. The zero-order valence-corrected chi connectivity index (χ0v) is 12.9. The third-order valence-corrected chi connectivity index (χ3v) is 3.54. The highest BCUT2D eigenvalue weighted by Gasteiger charge is 2.17. The Labute approximate surface area is 126 Å². The van der Waals surface area contributed by atoms with Crippen LogP contribution in [0.2, 0.25) is 0 Å². The highest BCUT2D eigenvalue weighted by atomic mass is 35.5. The SMILES string of the molecule is CC(C)c1ncncc1C(=O)NCCC1CCNC1.Cl. The van der Waals surface area contributed by atoms with Crippen LogP contribution >= 0.6 is 12.4 Å².